The second kappa shape index (κ2) is 15.0. The van der Waals surface area contributed by atoms with Gasteiger partial charge in [-0.15, -0.1) is 0 Å². The fourth-order valence-electron chi connectivity index (χ4n) is 3.26. The highest BCUT2D eigenvalue weighted by Crippen LogP contribution is 2.25. The van der Waals surface area contributed by atoms with Crippen LogP contribution in [-0.4, -0.2) is 23.0 Å². The number of hydrogen-bond acceptors (Lipinski definition) is 3. The maximum Gasteiger partial charge on any atom is 0.294 e. The molecule has 0 aromatic carbocycles. The molecule has 0 spiro atoms. The maximum atomic E-state index is 11.2. The number of aliphatic hydroxyl groups is 1. The van der Waals surface area contributed by atoms with Crippen LogP contribution in [0.1, 0.15) is 123 Å². The van der Waals surface area contributed by atoms with Crippen molar-refractivity contribution in [2.75, 3.05) is 0 Å². The quantitative estimate of drug-likeness (QED) is 0.219. The van der Waals surface area contributed by atoms with Crippen molar-refractivity contribution in [2.45, 2.75) is 128 Å². The van der Waals surface area contributed by atoms with E-state index in [1.54, 1.807) is 6.92 Å². The lowest BCUT2D eigenvalue weighted by molar-refractivity contribution is 0.0965. The lowest BCUT2D eigenvalue weighted by atomic mass is 10.0. The summed E-state index contributed by atoms with van der Waals surface area (Å²) in [4.78, 5) is -1.95. The molecule has 0 aromatic rings. The van der Waals surface area contributed by atoms with E-state index in [1.165, 1.54) is 77.0 Å². The molecule has 5 heteroatoms. The molecule has 0 fully saturated rings. The summed E-state index contributed by atoms with van der Waals surface area (Å²) in [6.45, 7) is 3.84. The average Bonchev–Trinajstić information content (AvgIpc) is 2.57. The molecule has 0 bridgehead atoms. The van der Waals surface area contributed by atoms with E-state index in [0.717, 1.165) is 12.8 Å². The van der Waals surface area contributed by atoms with Crippen molar-refractivity contribution in [1.82, 2.24) is 0 Å². The third-order valence-electron chi connectivity index (χ3n) is 5.20. The van der Waals surface area contributed by atoms with Gasteiger partial charge in [-0.05, 0) is 19.3 Å². The van der Waals surface area contributed by atoms with Crippen LogP contribution in [0, 0.1) is 0 Å². The molecule has 0 rings (SSSR count). The fourth-order valence-corrected chi connectivity index (χ4v) is 4.03. The first kappa shape index (κ1) is 24.9. The topological polar surface area (TPSA) is 74.6 Å². The van der Waals surface area contributed by atoms with Gasteiger partial charge in [-0.25, -0.2) is 0 Å². The summed E-state index contributed by atoms with van der Waals surface area (Å²) >= 11 is 0. The summed E-state index contributed by atoms with van der Waals surface area (Å²) in [5.41, 5.74) is 0. The van der Waals surface area contributed by atoms with Gasteiger partial charge in [0.25, 0.3) is 10.1 Å². The lowest BCUT2D eigenvalue weighted by Crippen LogP contribution is -2.37. The molecule has 152 valence electrons. The average molecular weight is 379 g/mol. The van der Waals surface area contributed by atoms with E-state index in [4.69, 9.17) is 4.55 Å². The van der Waals surface area contributed by atoms with Gasteiger partial charge in [0, 0.05) is 0 Å². The van der Waals surface area contributed by atoms with Gasteiger partial charge >= 0.3 is 0 Å². The number of unbranched alkanes of at least 4 members (excludes halogenated alkanes) is 14. The van der Waals surface area contributed by atoms with Crippen LogP contribution in [0.5, 0.6) is 0 Å². The fraction of sp³-hybridized carbons (Fsp3) is 1.00. The van der Waals surface area contributed by atoms with Gasteiger partial charge in [0.05, 0.1) is 0 Å². The minimum atomic E-state index is -4.38. The Labute approximate surface area is 156 Å². The predicted octanol–water partition coefficient (Wildman–Crippen LogP) is 6.23. The number of hydrogen-bond donors (Lipinski definition) is 2. The molecule has 1 unspecified atom stereocenters. The van der Waals surface area contributed by atoms with Gasteiger partial charge in [-0.1, -0.05) is 104 Å². The molecule has 0 aliphatic carbocycles. The summed E-state index contributed by atoms with van der Waals surface area (Å²) in [6.07, 6.45) is 18.8. The summed E-state index contributed by atoms with van der Waals surface area (Å²) in [7, 11) is -4.38. The molecule has 0 aliphatic heterocycles. The molecule has 0 aromatic heterocycles. The minimum absolute atomic E-state index is 0.0322. The molecule has 0 saturated carbocycles. The molecular formula is C20H42O4S. The molecule has 25 heavy (non-hydrogen) atoms. The zero-order valence-electron chi connectivity index (χ0n) is 16.6. The summed E-state index contributed by atoms with van der Waals surface area (Å²) in [6, 6.07) is 0. The Morgan fingerprint density at radius 2 is 0.960 bits per heavy atom. The highest BCUT2D eigenvalue weighted by atomic mass is 32.2. The van der Waals surface area contributed by atoms with Crippen LogP contribution < -0.4 is 0 Å². The molecule has 1 atom stereocenters. The Morgan fingerprint density at radius 1 is 0.640 bits per heavy atom. The molecule has 4 nitrogen and oxygen atoms in total. The van der Waals surface area contributed by atoms with Crippen molar-refractivity contribution in [3.8, 4) is 0 Å². The van der Waals surface area contributed by atoms with E-state index in [9.17, 15) is 13.5 Å². The van der Waals surface area contributed by atoms with E-state index in [1.807, 2.05) is 0 Å². The van der Waals surface area contributed by atoms with Gasteiger partial charge in [0.1, 0.15) is 0 Å². The third-order valence-corrected chi connectivity index (χ3v) is 6.66. The van der Waals surface area contributed by atoms with Crippen LogP contribution in [0.15, 0.2) is 0 Å². The van der Waals surface area contributed by atoms with Crippen LogP contribution in [-0.2, 0) is 10.1 Å². The zero-order chi connectivity index (χ0) is 19.0. The monoisotopic (exact) mass is 378 g/mol. The molecule has 0 radical (unpaired) electrons. The smallest absolute Gasteiger partial charge is 0.294 e. The van der Waals surface area contributed by atoms with Crippen molar-refractivity contribution < 1.29 is 18.1 Å². The Morgan fingerprint density at radius 3 is 1.24 bits per heavy atom. The van der Waals surface area contributed by atoms with Crippen LogP contribution in [0.2, 0.25) is 0 Å². The second-order valence-electron chi connectivity index (χ2n) is 7.47. The summed E-state index contributed by atoms with van der Waals surface area (Å²) in [5.74, 6) is 0. The normalized spacial score (nSPS) is 14.6. The maximum absolute atomic E-state index is 11.2. The summed E-state index contributed by atoms with van der Waals surface area (Å²) in [5, 5.41) is 9.92. The highest BCUT2D eigenvalue weighted by molar-refractivity contribution is 7.87. The minimum Gasteiger partial charge on any atom is -0.372 e. The van der Waals surface area contributed by atoms with Gasteiger partial charge < -0.3 is 5.11 Å². The largest absolute Gasteiger partial charge is 0.372 e. The first-order chi connectivity index (χ1) is 11.9. The van der Waals surface area contributed by atoms with E-state index in [0.29, 0.717) is 6.42 Å². The molecular weight excluding hydrogens is 336 g/mol. The SMILES string of the molecule is CCCCCCCCCCCCCCCCCC(O)(CC)S(=O)(=O)O. The van der Waals surface area contributed by atoms with Crippen LogP contribution in [0.3, 0.4) is 0 Å². The highest BCUT2D eigenvalue weighted by Gasteiger charge is 2.37. The summed E-state index contributed by atoms with van der Waals surface area (Å²) < 4.78 is 31.4. The van der Waals surface area contributed by atoms with E-state index < -0.39 is 15.1 Å². The van der Waals surface area contributed by atoms with E-state index >= 15 is 0 Å². The molecule has 0 heterocycles. The van der Waals surface area contributed by atoms with Crippen LogP contribution >= 0.6 is 0 Å². The molecule has 0 amide bonds. The standard InChI is InChI=1S/C20H42O4S/c1-3-5-6-7-8-9-10-11-12-13-14-15-16-17-18-19-20(21,4-2)25(22,23)24/h21H,3-19H2,1-2H3,(H,22,23,24). The second-order valence-corrected chi connectivity index (χ2v) is 9.18. The Kier molecular flexibility index (Phi) is 14.9. The Bertz CT molecular complexity index is 395. The zero-order valence-corrected chi connectivity index (χ0v) is 17.5. The molecule has 0 aliphatic rings. The van der Waals surface area contributed by atoms with Crippen molar-refractivity contribution in [1.29, 1.82) is 0 Å². The Hall–Kier alpha value is -0.130. The first-order valence-electron chi connectivity index (χ1n) is 10.6. The van der Waals surface area contributed by atoms with Crippen LogP contribution in [0.25, 0.3) is 0 Å². The van der Waals surface area contributed by atoms with Crippen molar-refractivity contribution >= 4 is 10.1 Å². The van der Waals surface area contributed by atoms with Gasteiger partial charge in [-0.3, -0.25) is 4.55 Å². The molecule has 0 saturated heterocycles. The van der Waals surface area contributed by atoms with Crippen molar-refractivity contribution in [2.24, 2.45) is 0 Å². The van der Waals surface area contributed by atoms with Gasteiger partial charge in [-0.2, -0.15) is 8.42 Å². The van der Waals surface area contributed by atoms with Gasteiger partial charge in [0.15, 0.2) is 4.93 Å². The molecule has 2 N–H and O–H groups in total. The predicted molar refractivity (Wildman–Crippen MR) is 106 cm³/mol. The van der Waals surface area contributed by atoms with Crippen molar-refractivity contribution in [3.63, 3.8) is 0 Å². The van der Waals surface area contributed by atoms with E-state index in [2.05, 4.69) is 6.92 Å². The lowest BCUT2D eigenvalue weighted by Gasteiger charge is -2.22. The first-order valence-corrected chi connectivity index (χ1v) is 12.0. The van der Waals surface area contributed by atoms with Gasteiger partial charge in [0.2, 0.25) is 0 Å². The number of rotatable bonds is 18. The van der Waals surface area contributed by atoms with E-state index in [-0.39, 0.29) is 12.8 Å². The Balaban J connectivity index is 3.37. The van der Waals surface area contributed by atoms with Crippen molar-refractivity contribution in [3.05, 3.63) is 0 Å². The van der Waals surface area contributed by atoms with Crippen LogP contribution in [0.4, 0.5) is 0 Å². The third kappa shape index (κ3) is 12.8.